The zero-order valence-corrected chi connectivity index (χ0v) is 17.8. The molecule has 1 saturated heterocycles. The fourth-order valence-corrected chi connectivity index (χ4v) is 4.25. The van der Waals surface area contributed by atoms with Crippen molar-refractivity contribution in [1.29, 1.82) is 0 Å². The third-order valence-corrected chi connectivity index (χ3v) is 6.36. The van der Waals surface area contributed by atoms with Crippen LogP contribution in [0.4, 0.5) is 19.0 Å². The number of hydrogen-bond donors (Lipinski definition) is 1. The van der Waals surface area contributed by atoms with Crippen LogP contribution in [0.25, 0.3) is 11.1 Å². The number of aromatic nitrogens is 2. The molecular formula is C23H23F3N4O2. The van der Waals surface area contributed by atoms with E-state index in [4.69, 9.17) is 4.42 Å². The summed E-state index contributed by atoms with van der Waals surface area (Å²) in [5, 5.41) is 3.97. The molecule has 0 radical (unpaired) electrons. The smallest absolute Gasteiger partial charge is 0.416 e. The van der Waals surface area contributed by atoms with Crippen LogP contribution in [-0.4, -0.2) is 39.4 Å². The van der Waals surface area contributed by atoms with Crippen molar-refractivity contribution in [3.05, 3.63) is 53.0 Å². The highest BCUT2D eigenvalue weighted by Crippen LogP contribution is 2.40. The second-order valence-electron chi connectivity index (χ2n) is 8.99. The molecule has 1 aliphatic heterocycles. The molecule has 1 aromatic carbocycles. The Labute approximate surface area is 182 Å². The molecule has 0 spiro atoms. The summed E-state index contributed by atoms with van der Waals surface area (Å²) in [6.45, 7) is 4.67. The Hall–Kier alpha value is -3.10. The molecule has 1 atom stereocenters. The van der Waals surface area contributed by atoms with Crippen LogP contribution in [0, 0.1) is 6.92 Å². The van der Waals surface area contributed by atoms with Crippen LogP contribution in [0.2, 0.25) is 0 Å². The first kappa shape index (κ1) is 20.8. The number of halogens is 3. The highest BCUT2D eigenvalue weighted by Gasteiger charge is 2.39. The molecule has 32 heavy (non-hydrogen) atoms. The number of likely N-dealkylation sites (tertiary alicyclic amines) is 1. The minimum absolute atomic E-state index is 0.0481. The van der Waals surface area contributed by atoms with Crippen molar-refractivity contribution in [3.63, 3.8) is 0 Å². The van der Waals surface area contributed by atoms with Gasteiger partial charge in [-0.1, -0.05) is 18.2 Å². The molecule has 1 amide bonds. The van der Waals surface area contributed by atoms with Gasteiger partial charge >= 0.3 is 6.18 Å². The lowest BCUT2D eigenvalue weighted by Gasteiger charge is -2.18. The number of amides is 1. The quantitative estimate of drug-likeness (QED) is 0.603. The predicted octanol–water partition coefficient (Wildman–Crippen LogP) is 5.14. The zero-order valence-electron chi connectivity index (χ0n) is 17.8. The van der Waals surface area contributed by atoms with Crippen LogP contribution in [0.15, 0.2) is 34.9 Å². The molecule has 1 unspecified atom stereocenters. The molecule has 3 aromatic rings. The van der Waals surface area contributed by atoms with Gasteiger partial charge in [0.1, 0.15) is 17.9 Å². The van der Waals surface area contributed by atoms with Crippen molar-refractivity contribution in [1.82, 2.24) is 14.9 Å². The van der Waals surface area contributed by atoms with Crippen molar-refractivity contribution in [2.75, 3.05) is 18.4 Å². The van der Waals surface area contributed by atoms with Crippen molar-refractivity contribution < 1.29 is 22.4 Å². The number of furan rings is 1. The molecule has 1 N–H and O–H groups in total. The summed E-state index contributed by atoms with van der Waals surface area (Å²) >= 11 is 0. The zero-order chi connectivity index (χ0) is 22.7. The summed E-state index contributed by atoms with van der Waals surface area (Å²) in [7, 11) is 0. The molecule has 2 aromatic heterocycles. The topological polar surface area (TPSA) is 71.3 Å². The Morgan fingerprint density at radius 2 is 2.06 bits per heavy atom. The number of nitrogens with one attached hydrogen (secondary N) is 1. The average Bonchev–Trinajstić information content (AvgIpc) is 3.14. The number of benzene rings is 1. The third kappa shape index (κ3) is 3.80. The molecule has 9 heteroatoms. The third-order valence-electron chi connectivity index (χ3n) is 6.36. The summed E-state index contributed by atoms with van der Waals surface area (Å²) in [5.74, 6) is 0.747. The fraction of sp³-hybridized carbons (Fsp3) is 0.435. The van der Waals surface area contributed by atoms with E-state index in [9.17, 15) is 18.0 Å². The van der Waals surface area contributed by atoms with Gasteiger partial charge in [0.25, 0.3) is 5.91 Å². The molecule has 2 aliphatic rings. The van der Waals surface area contributed by atoms with E-state index in [0.29, 0.717) is 53.4 Å². The van der Waals surface area contributed by atoms with E-state index in [-0.39, 0.29) is 17.4 Å². The summed E-state index contributed by atoms with van der Waals surface area (Å²) in [6.07, 6.45) is -0.354. The monoisotopic (exact) mass is 444 g/mol. The standard InChI is InChI=1S/C23H23F3N4O2/c1-13-27-19(29-22(2)7-8-22)18-17(12-32-20(18)28-13)21(31)30-9-6-15(11-30)14-4-3-5-16(10-14)23(24,25)26/h3-5,10,12,15H,6-9,11H2,1-2H3,(H,27,28,29). The van der Waals surface area contributed by atoms with E-state index < -0.39 is 11.7 Å². The van der Waals surface area contributed by atoms with Crippen molar-refractivity contribution in [2.24, 2.45) is 0 Å². The van der Waals surface area contributed by atoms with Gasteiger partial charge in [0, 0.05) is 24.5 Å². The van der Waals surface area contributed by atoms with Crippen LogP contribution in [0.5, 0.6) is 0 Å². The Bertz CT molecular complexity index is 1200. The van der Waals surface area contributed by atoms with Gasteiger partial charge in [-0.05, 0) is 44.7 Å². The molecule has 5 rings (SSSR count). The van der Waals surface area contributed by atoms with Crippen molar-refractivity contribution in [2.45, 2.75) is 50.7 Å². The first-order valence-corrected chi connectivity index (χ1v) is 10.6. The molecule has 0 bridgehead atoms. The number of hydrogen-bond acceptors (Lipinski definition) is 5. The van der Waals surface area contributed by atoms with Crippen LogP contribution in [-0.2, 0) is 6.18 Å². The van der Waals surface area contributed by atoms with Crippen LogP contribution < -0.4 is 5.32 Å². The molecular weight excluding hydrogens is 421 g/mol. The Balaban J connectivity index is 1.41. The number of nitrogens with zero attached hydrogens (tertiary/aromatic N) is 3. The Morgan fingerprint density at radius 3 is 2.78 bits per heavy atom. The minimum atomic E-state index is -4.39. The summed E-state index contributed by atoms with van der Waals surface area (Å²) in [4.78, 5) is 23.8. The largest absolute Gasteiger partial charge is 0.445 e. The lowest BCUT2D eigenvalue weighted by Crippen LogP contribution is -2.28. The SMILES string of the molecule is Cc1nc(NC2(C)CC2)c2c(C(=O)N3CCC(c4cccc(C(F)(F)F)c4)C3)coc2n1. The number of aryl methyl sites for hydroxylation is 1. The van der Waals surface area contributed by atoms with Gasteiger partial charge in [-0.15, -0.1) is 0 Å². The number of carbonyl (C=O) groups excluding carboxylic acids is 1. The van der Waals surface area contributed by atoms with Crippen LogP contribution in [0.3, 0.4) is 0 Å². The first-order valence-electron chi connectivity index (χ1n) is 10.6. The molecule has 1 aliphatic carbocycles. The second-order valence-corrected chi connectivity index (χ2v) is 8.99. The minimum Gasteiger partial charge on any atom is -0.445 e. The maximum Gasteiger partial charge on any atom is 0.416 e. The van der Waals surface area contributed by atoms with Gasteiger partial charge in [-0.3, -0.25) is 4.79 Å². The number of fused-ring (bicyclic) bond motifs is 1. The van der Waals surface area contributed by atoms with Crippen molar-refractivity contribution >= 4 is 22.8 Å². The van der Waals surface area contributed by atoms with E-state index in [1.807, 2.05) is 0 Å². The second kappa shape index (κ2) is 7.21. The number of alkyl halides is 3. The van der Waals surface area contributed by atoms with E-state index in [1.165, 1.54) is 18.4 Å². The summed E-state index contributed by atoms with van der Waals surface area (Å²) in [5.41, 5.74) is 0.596. The summed E-state index contributed by atoms with van der Waals surface area (Å²) < 4.78 is 44.9. The summed E-state index contributed by atoms with van der Waals surface area (Å²) in [6, 6.07) is 5.36. The van der Waals surface area contributed by atoms with E-state index >= 15 is 0 Å². The maximum atomic E-state index is 13.3. The number of carbonyl (C=O) groups is 1. The highest BCUT2D eigenvalue weighted by atomic mass is 19.4. The fourth-order valence-electron chi connectivity index (χ4n) is 4.25. The molecule has 6 nitrogen and oxygen atoms in total. The van der Waals surface area contributed by atoms with Gasteiger partial charge < -0.3 is 14.6 Å². The molecule has 1 saturated carbocycles. The molecule has 2 fully saturated rings. The van der Waals surface area contributed by atoms with Crippen molar-refractivity contribution in [3.8, 4) is 0 Å². The van der Waals surface area contributed by atoms with Gasteiger partial charge in [0.2, 0.25) is 5.71 Å². The van der Waals surface area contributed by atoms with E-state index in [1.54, 1.807) is 17.9 Å². The Kier molecular flexibility index (Phi) is 4.69. The van der Waals surface area contributed by atoms with E-state index in [2.05, 4.69) is 22.2 Å². The molecule has 3 heterocycles. The normalized spacial score (nSPS) is 20.0. The van der Waals surface area contributed by atoms with Gasteiger partial charge in [-0.25, -0.2) is 4.98 Å². The van der Waals surface area contributed by atoms with Gasteiger partial charge in [-0.2, -0.15) is 18.2 Å². The number of rotatable bonds is 4. The molecule has 168 valence electrons. The van der Waals surface area contributed by atoms with Crippen LogP contribution >= 0.6 is 0 Å². The lowest BCUT2D eigenvalue weighted by molar-refractivity contribution is -0.137. The Morgan fingerprint density at radius 1 is 1.28 bits per heavy atom. The average molecular weight is 444 g/mol. The van der Waals surface area contributed by atoms with Gasteiger partial charge in [0.05, 0.1) is 16.5 Å². The lowest BCUT2D eigenvalue weighted by atomic mass is 9.96. The van der Waals surface area contributed by atoms with E-state index in [0.717, 1.165) is 18.9 Å². The highest BCUT2D eigenvalue weighted by molar-refractivity contribution is 6.09. The number of anilines is 1. The maximum absolute atomic E-state index is 13.3. The first-order chi connectivity index (χ1) is 15.1. The van der Waals surface area contributed by atoms with Crippen LogP contribution in [0.1, 0.15) is 59.4 Å². The predicted molar refractivity (Wildman–Crippen MR) is 113 cm³/mol. The van der Waals surface area contributed by atoms with Gasteiger partial charge in [0.15, 0.2) is 0 Å².